The van der Waals surface area contributed by atoms with E-state index in [1.807, 2.05) is 18.2 Å². The van der Waals surface area contributed by atoms with Crippen LogP contribution in [0.3, 0.4) is 0 Å². The fraction of sp³-hybridized carbons (Fsp3) is 0.200. The Bertz CT molecular complexity index is 770. The van der Waals surface area contributed by atoms with E-state index in [9.17, 15) is 0 Å². The Morgan fingerprint density at radius 3 is 2.75 bits per heavy atom. The summed E-state index contributed by atoms with van der Waals surface area (Å²) in [5.74, 6) is 1.34. The van der Waals surface area contributed by atoms with Gasteiger partial charge in [0.15, 0.2) is 0 Å². The summed E-state index contributed by atoms with van der Waals surface area (Å²) in [5, 5.41) is 17.5. The van der Waals surface area contributed by atoms with Gasteiger partial charge in [0.05, 0.1) is 8.66 Å². The number of fused-ring (bicyclic) bond motifs is 1. The smallest absolute Gasteiger partial charge is 0.145 e. The van der Waals surface area contributed by atoms with Crippen LogP contribution in [0.2, 0.25) is 0 Å². The number of hydrogen-bond donors (Lipinski definition) is 0. The number of nitriles is 2. The Labute approximate surface area is 128 Å². The minimum absolute atomic E-state index is 0.0449. The summed E-state index contributed by atoms with van der Waals surface area (Å²) < 4.78 is 6.94. The SMILES string of the molecule is N#CC(C#N)=Cc1ccc(-c2sc(Br)c3c2CCC3)o1. The molecule has 0 aromatic carbocycles. The summed E-state index contributed by atoms with van der Waals surface area (Å²) >= 11 is 5.30. The van der Waals surface area contributed by atoms with Crippen molar-refractivity contribution in [1.29, 1.82) is 10.5 Å². The lowest BCUT2D eigenvalue weighted by atomic mass is 10.2. The molecule has 3 nitrogen and oxygen atoms in total. The Kier molecular flexibility index (Phi) is 3.48. The Balaban J connectivity index is 2.00. The van der Waals surface area contributed by atoms with E-state index >= 15 is 0 Å². The highest BCUT2D eigenvalue weighted by Gasteiger charge is 2.23. The highest BCUT2D eigenvalue weighted by molar-refractivity contribution is 9.11. The molecule has 98 valence electrons. The number of rotatable bonds is 2. The van der Waals surface area contributed by atoms with Gasteiger partial charge in [0, 0.05) is 6.08 Å². The van der Waals surface area contributed by atoms with Crippen LogP contribution in [0.5, 0.6) is 0 Å². The molecule has 0 radical (unpaired) electrons. The van der Waals surface area contributed by atoms with Gasteiger partial charge in [-0.2, -0.15) is 10.5 Å². The monoisotopic (exact) mass is 344 g/mol. The van der Waals surface area contributed by atoms with Gasteiger partial charge in [-0.1, -0.05) is 0 Å². The van der Waals surface area contributed by atoms with Crippen molar-refractivity contribution >= 4 is 33.3 Å². The van der Waals surface area contributed by atoms with Crippen molar-refractivity contribution in [2.45, 2.75) is 19.3 Å². The topological polar surface area (TPSA) is 60.7 Å². The Hall–Kier alpha value is -1.82. The van der Waals surface area contributed by atoms with E-state index in [1.54, 1.807) is 17.4 Å². The predicted octanol–water partition coefficient (Wildman–Crippen LogP) is 4.69. The fourth-order valence-electron chi connectivity index (χ4n) is 2.41. The van der Waals surface area contributed by atoms with Crippen molar-refractivity contribution in [1.82, 2.24) is 0 Å². The summed E-state index contributed by atoms with van der Waals surface area (Å²) in [7, 11) is 0. The molecule has 0 amide bonds. The number of thiophene rings is 1. The quantitative estimate of drug-likeness (QED) is 0.742. The zero-order chi connectivity index (χ0) is 14.1. The molecular formula is C15H9BrN2OS. The van der Waals surface area contributed by atoms with Crippen LogP contribution in [-0.2, 0) is 12.8 Å². The van der Waals surface area contributed by atoms with Gasteiger partial charge in [-0.15, -0.1) is 11.3 Å². The fourth-order valence-corrected chi connectivity index (χ4v) is 4.42. The van der Waals surface area contributed by atoms with Gasteiger partial charge >= 0.3 is 0 Å². The largest absolute Gasteiger partial charge is 0.456 e. The maximum Gasteiger partial charge on any atom is 0.145 e. The van der Waals surface area contributed by atoms with Crippen molar-refractivity contribution in [3.63, 3.8) is 0 Å². The molecule has 0 fully saturated rings. The minimum Gasteiger partial charge on any atom is -0.456 e. The maximum absolute atomic E-state index is 8.75. The van der Waals surface area contributed by atoms with E-state index in [-0.39, 0.29) is 5.57 Å². The summed E-state index contributed by atoms with van der Waals surface area (Å²) in [6.45, 7) is 0. The molecule has 20 heavy (non-hydrogen) atoms. The predicted molar refractivity (Wildman–Crippen MR) is 80.9 cm³/mol. The third-order valence-corrected chi connectivity index (χ3v) is 5.34. The van der Waals surface area contributed by atoms with Gasteiger partial charge < -0.3 is 4.42 Å². The molecule has 1 aliphatic carbocycles. The van der Waals surface area contributed by atoms with Crippen LogP contribution in [0.4, 0.5) is 0 Å². The first kappa shape index (κ1) is 13.2. The molecule has 0 aliphatic heterocycles. The second-order valence-electron chi connectivity index (χ2n) is 4.50. The number of halogens is 1. The standard InChI is InChI=1S/C15H9BrN2OS/c16-15-12-3-1-2-11(12)14(20-15)13-5-4-10(19-13)6-9(7-17)8-18/h4-6H,1-3H2. The molecule has 0 N–H and O–H groups in total. The van der Waals surface area contributed by atoms with Crippen LogP contribution in [0.1, 0.15) is 23.3 Å². The maximum atomic E-state index is 8.75. The summed E-state index contributed by atoms with van der Waals surface area (Å²) in [6, 6.07) is 7.35. The Morgan fingerprint density at radius 2 is 2.00 bits per heavy atom. The molecule has 0 saturated heterocycles. The van der Waals surface area contributed by atoms with Gasteiger partial charge in [0.25, 0.3) is 0 Å². The van der Waals surface area contributed by atoms with E-state index < -0.39 is 0 Å². The molecule has 2 aromatic heterocycles. The van der Waals surface area contributed by atoms with Crippen LogP contribution < -0.4 is 0 Å². The van der Waals surface area contributed by atoms with E-state index in [1.165, 1.54) is 27.4 Å². The molecular weight excluding hydrogens is 336 g/mol. The van der Waals surface area contributed by atoms with Crippen LogP contribution in [0.25, 0.3) is 16.7 Å². The van der Waals surface area contributed by atoms with Crippen molar-refractivity contribution < 1.29 is 4.42 Å². The van der Waals surface area contributed by atoms with Gasteiger partial charge in [-0.3, -0.25) is 0 Å². The first-order valence-corrected chi connectivity index (χ1v) is 7.76. The molecule has 2 heterocycles. The van der Waals surface area contributed by atoms with Crippen molar-refractivity contribution in [3.05, 3.63) is 38.4 Å². The number of furan rings is 1. The second-order valence-corrected chi connectivity index (χ2v) is 6.84. The van der Waals surface area contributed by atoms with Crippen LogP contribution in [0, 0.1) is 22.7 Å². The molecule has 0 bridgehead atoms. The highest BCUT2D eigenvalue weighted by Crippen LogP contribution is 2.44. The molecule has 0 spiro atoms. The van der Waals surface area contributed by atoms with Gasteiger partial charge in [-0.25, -0.2) is 0 Å². The zero-order valence-electron chi connectivity index (χ0n) is 10.4. The second kappa shape index (κ2) is 5.28. The third-order valence-electron chi connectivity index (χ3n) is 3.30. The normalized spacial score (nSPS) is 12.6. The first-order valence-electron chi connectivity index (χ1n) is 6.15. The highest BCUT2D eigenvalue weighted by atomic mass is 79.9. The lowest BCUT2D eigenvalue weighted by molar-refractivity contribution is 0.572. The first-order chi connectivity index (χ1) is 9.72. The van der Waals surface area contributed by atoms with Crippen LogP contribution in [-0.4, -0.2) is 0 Å². The van der Waals surface area contributed by atoms with Crippen molar-refractivity contribution in [2.24, 2.45) is 0 Å². The molecule has 0 atom stereocenters. The summed E-state index contributed by atoms with van der Waals surface area (Å²) in [6.07, 6.45) is 4.85. The van der Waals surface area contributed by atoms with Crippen LogP contribution >= 0.6 is 27.3 Å². The average molecular weight is 345 g/mol. The lowest BCUT2D eigenvalue weighted by Crippen LogP contribution is -1.77. The van der Waals surface area contributed by atoms with Gasteiger partial charge in [0.2, 0.25) is 0 Å². The molecule has 0 unspecified atom stereocenters. The summed E-state index contributed by atoms with van der Waals surface area (Å²) in [5.41, 5.74) is 2.81. The minimum atomic E-state index is 0.0449. The average Bonchev–Trinajstić information content (AvgIpc) is 3.14. The van der Waals surface area contributed by atoms with E-state index in [4.69, 9.17) is 14.9 Å². The molecule has 3 rings (SSSR count). The van der Waals surface area contributed by atoms with E-state index in [2.05, 4.69) is 15.9 Å². The number of allylic oxidation sites excluding steroid dienone is 1. The Morgan fingerprint density at radius 1 is 1.25 bits per heavy atom. The third kappa shape index (κ3) is 2.20. The van der Waals surface area contributed by atoms with E-state index in [0.717, 1.165) is 23.5 Å². The van der Waals surface area contributed by atoms with Gasteiger partial charge in [0.1, 0.15) is 29.2 Å². The summed E-state index contributed by atoms with van der Waals surface area (Å²) in [4.78, 5) is 1.15. The molecule has 1 aliphatic rings. The molecule has 2 aromatic rings. The zero-order valence-corrected chi connectivity index (χ0v) is 12.8. The van der Waals surface area contributed by atoms with Crippen molar-refractivity contribution in [3.8, 4) is 22.8 Å². The van der Waals surface area contributed by atoms with Crippen molar-refractivity contribution in [2.75, 3.05) is 0 Å². The van der Waals surface area contributed by atoms with Crippen LogP contribution in [0.15, 0.2) is 25.9 Å². The lowest BCUT2D eigenvalue weighted by Gasteiger charge is -1.95. The number of nitrogens with zero attached hydrogens (tertiary/aromatic N) is 2. The number of hydrogen-bond acceptors (Lipinski definition) is 4. The van der Waals surface area contributed by atoms with Gasteiger partial charge in [-0.05, 0) is 58.5 Å². The molecule has 5 heteroatoms. The molecule has 0 saturated carbocycles. The van der Waals surface area contributed by atoms with E-state index in [0.29, 0.717) is 5.76 Å².